The van der Waals surface area contributed by atoms with Crippen molar-refractivity contribution < 1.29 is 9.53 Å². The molecule has 0 aromatic rings. The monoisotopic (exact) mass is 265 g/mol. The summed E-state index contributed by atoms with van der Waals surface area (Å²) >= 11 is 0. The molecule has 0 radical (unpaired) electrons. The number of hydrogen-bond donors (Lipinski definition) is 1. The maximum atomic E-state index is 11.6. The molecule has 2 bridgehead atoms. The van der Waals surface area contributed by atoms with E-state index in [2.05, 4.69) is 26.1 Å². The highest BCUT2D eigenvalue weighted by Crippen LogP contribution is 2.68. The Balaban J connectivity index is 1.96. The summed E-state index contributed by atoms with van der Waals surface area (Å²) in [7, 11) is 0. The summed E-state index contributed by atoms with van der Waals surface area (Å²) in [6.45, 7) is 9.45. The van der Waals surface area contributed by atoms with Gasteiger partial charge in [0.05, 0.1) is 6.10 Å². The van der Waals surface area contributed by atoms with Gasteiger partial charge in [0, 0.05) is 19.6 Å². The van der Waals surface area contributed by atoms with Gasteiger partial charge >= 0.3 is 0 Å². The van der Waals surface area contributed by atoms with E-state index in [0.717, 1.165) is 25.4 Å². The molecule has 2 aliphatic carbocycles. The van der Waals surface area contributed by atoms with Crippen LogP contribution in [0.15, 0.2) is 0 Å². The highest BCUT2D eigenvalue weighted by Gasteiger charge is 2.68. The molecule has 0 unspecified atom stereocenters. The molecule has 1 N–H and O–H groups in total. The molecule has 2 saturated carbocycles. The fraction of sp³-hybridized carbons (Fsp3) is 0.938. The minimum Gasteiger partial charge on any atom is -0.378 e. The molecule has 3 nitrogen and oxygen atoms in total. The molecule has 1 spiro atoms. The smallest absolute Gasteiger partial charge is 0.217 e. The summed E-state index contributed by atoms with van der Waals surface area (Å²) in [5.41, 5.74) is 0.538. The predicted octanol–water partition coefficient (Wildman–Crippen LogP) is 2.74. The number of ether oxygens (including phenoxy) is 1. The first-order valence-electron chi connectivity index (χ1n) is 7.80. The van der Waals surface area contributed by atoms with Crippen LogP contribution < -0.4 is 5.32 Å². The zero-order valence-electron chi connectivity index (χ0n) is 12.7. The van der Waals surface area contributed by atoms with Crippen molar-refractivity contribution in [1.29, 1.82) is 0 Å². The van der Waals surface area contributed by atoms with E-state index in [1.165, 1.54) is 12.8 Å². The number of carbonyl (C=O) groups excluding carboxylic acids is 1. The molecule has 3 fully saturated rings. The van der Waals surface area contributed by atoms with Crippen LogP contribution >= 0.6 is 0 Å². The molecular weight excluding hydrogens is 238 g/mol. The average molecular weight is 265 g/mol. The van der Waals surface area contributed by atoms with Crippen LogP contribution in [0.4, 0.5) is 0 Å². The van der Waals surface area contributed by atoms with Gasteiger partial charge in [0.1, 0.15) is 0 Å². The van der Waals surface area contributed by atoms with E-state index in [1.807, 2.05) is 0 Å². The summed E-state index contributed by atoms with van der Waals surface area (Å²) < 4.78 is 6.00. The van der Waals surface area contributed by atoms with Gasteiger partial charge in [-0.25, -0.2) is 0 Å². The zero-order chi connectivity index (χ0) is 13.8. The van der Waals surface area contributed by atoms with Crippen LogP contribution in [0.2, 0.25) is 0 Å². The van der Waals surface area contributed by atoms with Crippen molar-refractivity contribution in [2.24, 2.45) is 22.7 Å². The molecular formula is C16H27NO2. The summed E-state index contributed by atoms with van der Waals surface area (Å²) in [6.07, 6.45) is 5.22. The first-order valence-corrected chi connectivity index (χ1v) is 7.80. The number of fused-ring (bicyclic) bond motifs is 1. The van der Waals surface area contributed by atoms with Gasteiger partial charge in [0.15, 0.2) is 0 Å². The maximum absolute atomic E-state index is 11.6. The third-order valence-corrected chi connectivity index (χ3v) is 6.37. The lowest BCUT2D eigenvalue weighted by atomic mass is 9.59. The number of rotatable bonds is 2. The van der Waals surface area contributed by atoms with Crippen LogP contribution in [0.25, 0.3) is 0 Å². The summed E-state index contributed by atoms with van der Waals surface area (Å²) in [4.78, 5) is 11.6. The molecule has 1 heterocycles. The van der Waals surface area contributed by atoms with Gasteiger partial charge < -0.3 is 10.1 Å². The third kappa shape index (κ3) is 1.70. The molecule has 1 amide bonds. The molecule has 1 aliphatic heterocycles. The van der Waals surface area contributed by atoms with Gasteiger partial charge in [-0.1, -0.05) is 20.8 Å². The van der Waals surface area contributed by atoms with Gasteiger partial charge in [-0.05, 0) is 48.3 Å². The van der Waals surface area contributed by atoms with E-state index >= 15 is 0 Å². The van der Waals surface area contributed by atoms with E-state index in [0.29, 0.717) is 23.5 Å². The van der Waals surface area contributed by atoms with Gasteiger partial charge in [-0.2, -0.15) is 0 Å². The second-order valence-corrected chi connectivity index (χ2v) is 7.50. The van der Waals surface area contributed by atoms with Gasteiger partial charge in [-0.3, -0.25) is 4.79 Å². The standard InChI is InChI=1S/C16H27NO2/c1-5-13-12-8-11-9-16(12,6-7-19-13)14(15(11,3)4)17-10(2)18/h11-14H,5-9H2,1-4H3,(H,17,18)/t11-,12-,13-,14-,16-/m1/s1. The molecule has 5 atom stereocenters. The Labute approximate surface area is 116 Å². The van der Waals surface area contributed by atoms with Crippen molar-refractivity contribution in [3.05, 3.63) is 0 Å². The minimum atomic E-state index is 0.123. The Bertz CT molecular complexity index is 392. The molecule has 3 rings (SSSR count). The Morgan fingerprint density at radius 3 is 2.79 bits per heavy atom. The predicted molar refractivity (Wildman–Crippen MR) is 74.7 cm³/mol. The lowest BCUT2D eigenvalue weighted by Crippen LogP contribution is -2.59. The van der Waals surface area contributed by atoms with Crippen molar-refractivity contribution >= 4 is 5.91 Å². The van der Waals surface area contributed by atoms with Crippen LogP contribution in [-0.2, 0) is 9.53 Å². The van der Waals surface area contributed by atoms with Crippen LogP contribution in [-0.4, -0.2) is 24.7 Å². The fourth-order valence-electron chi connectivity index (χ4n) is 5.52. The number of hydrogen-bond acceptors (Lipinski definition) is 2. The molecule has 1 saturated heterocycles. The number of amides is 1. The Hall–Kier alpha value is -0.570. The first kappa shape index (κ1) is 13.4. The maximum Gasteiger partial charge on any atom is 0.217 e. The van der Waals surface area contributed by atoms with Gasteiger partial charge in [0.25, 0.3) is 0 Å². The van der Waals surface area contributed by atoms with Crippen molar-refractivity contribution in [3.8, 4) is 0 Å². The lowest BCUT2D eigenvalue weighted by Gasteiger charge is -2.53. The van der Waals surface area contributed by atoms with Crippen molar-refractivity contribution in [2.45, 2.75) is 65.5 Å². The van der Waals surface area contributed by atoms with E-state index in [1.54, 1.807) is 6.92 Å². The molecule has 0 aromatic carbocycles. The highest BCUT2D eigenvalue weighted by atomic mass is 16.5. The highest BCUT2D eigenvalue weighted by molar-refractivity contribution is 5.73. The molecule has 19 heavy (non-hydrogen) atoms. The zero-order valence-corrected chi connectivity index (χ0v) is 12.7. The van der Waals surface area contributed by atoms with Crippen molar-refractivity contribution in [1.82, 2.24) is 5.32 Å². The largest absolute Gasteiger partial charge is 0.378 e. The van der Waals surface area contributed by atoms with E-state index in [9.17, 15) is 4.79 Å². The Kier molecular flexibility index (Phi) is 2.97. The molecule has 108 valence electrons. The topological polar surface area (TPSA) is 38.3 Å². The molecule has 0 aromatic heterocycles. The fourth-order valence-corrected chi connectivity index (χ4v) is 5.52. The van der Waals surface area contributed by atoms with E-state index in [-0.39, 0.29) is 11.3 Å². The van der Waals surface area contributed by atoms with Crippen LogP contribution in [0.5, 0.6) is 0 Å². The minimum absolute atomic E-state index is 0.123. The van der Waals surface area contributed by atoms with Crippen LogP contribution in [0, 0.1) is 22.7 Å². The second-order valence-electron chi connectivity index (χ2n) is 7.50. The van der Waals surface area contributed by atoms with Gasteiger partial charge in [0.2, 0.25) is 5.91 Å². The van der Waals surface area contributed by atoms with Gasteiger partial charge in [-0.15, -0.1) is 0 Å². The molecule has 3 heteroatoms. The Morgan fingerprint density at radius 1 is 1.42 bits per heavy atom. The first-order chi connectivity index (χ1) is 8.91. The number of nitrogens with one attached hydrogen (secondary N) is 1. The van der Waals surface area contributed by atoms with E-state index < -0.39 is 0 Å². The van der Waals surface area contributed by atoms with Crippen molar-refractivity contribution in [2.75, 3.05) is 6.61 Å². The summed E-state index contributed by atoms with van der Waals surface area (Å²) in [5.74, 6) is 1.52. The van der Waals surface area contributed by atoms with E-state index in [4.69, 9.17) is 4.74 Å². The SMILES string of the molecule is CC[C@H]1OCC[C@@]23C[C@@H](C[C@H]12)C(C)(C)[C@H]3NC(C)=O. The molecule has 3 aliphatic rings. The average Bonchev–Trinajstić information content (AvgIpc) is 2.82. The normalized spacial score (nSPS) is 46.9. The third-order valence-electron chi connectivity index (χ3n) is 6.37. The van der Waals surface area contributed by atoms with Crippen LogP contribution in [0.3, 0.4) is 0 Å². The second kappa shape index (κ2) is 4.21. The van der Waals surface area contributed by atoms with Crippen molar-refractivity contribution in [3.63, 3.8) is 0 Å². The summed E-state index contributed by atoms with van der Waals surface area (Å²) in [6, 6.07) is 0.333. The quantitative estimate of drug-likeness (QED) is 0.833. The Morgan fingerprint density at radius 2 is 2.16 bits per heavy atom. The van der Waals surface area contributed by atoms with Crippen LogP contribution in [0.1, 0.15) is 53.4 Å². The summed E-state index contributed by atoms with van der Waals surface area (Å²) in [5, 5.41) is 3.30. The number of carbonyl (C=O) groups is 1. The lowest BCUT2D eigenvalue weighted by molar-refractivity contribution is -0.135.